The summed E-state index contributed by atoms with van der Waals surface area (Å²) in [5, 5.41) is 7.26. The summed E-state index contributed by atoms with van der Waals surface area (Å²) >= 11 is 0. The fraction of sp³-hybridized carbons (Fsp3) is 0.333. The molecule has 0 bridgehead atoms. The topological polar surface area (TPSA) is 70.3 Å². The zero-order valence-corrected chi connectivity index (χ0v) is 16.9. The summed E-state index contributed by atoms with van der Waals surface area (Å²) < 4.78 is 14.7. The zero-order valence-electron chi connectivity index (χ0n) is 16.9. The molecule has 148 valence electrons. The van der Waals surface area contributed by atoms with Crippen LogP contribution in [0.1, 0.15) is 34.2 Å². The molecule has 28 heavy (non-hydrogen) atoms. The maximum atomic E-state index is 12.9. The molecule has 0 aliphatic heterocycles. The Morgan fingerprint density at radius 2 is 1.86 bits per heavy atom. The van der Waals surface area contributed by atoms with Crippen LogP contribution < -0.4 is 14.8 Å². The van der Waals surface area contributed by atoms with E-state index >= 15 is 0 Å². The van der Waals surface area contributed by atoms with E-state index in [1.165, 1.54) is 0 Å². The minimum Gasteiger partial charge on any atom is -0.493 e. The molecular formula is C21H26N4O3. The van der Waals surface area contributed by atoms with Gasteiger partial charge in [-0.15, -0.1) is 0 Å². The third-order valence-electron chi connectivity index (χ3n) is 4.62. The summed E-state index contributed by atoms with van der Waals surface area (Å²) in [6.45, 7) is 6.88. The standard InChI is InChI=1S/C21H26N4O3/c1-6-28-18-10-9-16(11-19(18)27-5)12-22-20(26)17-13-23-24(4)21(17)25-14(2)7-8-15(25)3/h7-11,13H,6,12H2,1-5H3,(H,22,26). The van der Waals surface area contributed by atoms with Crippen molar-refractivity contribution in [1.82, 2.24) is 19.7 Å². The van der Waals surface area contributed by atoms with Gasteiger partial charge in [0, 0.05) is 25.0 Å². The zero-order chi connectivity index (χ0) is 20.3. The average Bonchev–Trinajstić information content (AvgIpc) is 3.22. The van der Waals surface area contributed by atoms with E-state index in [0.29, 0.717) is 30.2 Å². The quantitative estimate of drug-likeness (QED) is 0.681. The van der Waals surface area contributed by atoms with E-state index in [9.17, 15) is 4.79 Å². The number of amides is 1. The lowest BCUT2D eigenvalue weighted by molar-refractivity contribution is 0.0951. The molecule has 7 nitrogen and oxygen atoms in total. The highest BCUT2D eigenvalue weighted by Crippen LogP contribution is 2.28. The van der Waals surface area contributed by atoms with Crippen molar-refractivity contribution in [2.75, 3.05) is 13.7 Å². The van der Waals surface area contributed by atoms with Gasteiger partial charge in [-0.05, 0) is 50.6 Å². The number of aryl methyl sites for hydroxylation is 3. The number of carbonyl (C=O) groups is 1. The predicted octanol–water partition coefficient (Wildman–Crippen LogP) is 3.16. The van der Waals surface area contributed by atoms with Crippen LogP contribution in [0, 0.1) is 13.8 Å². The molecule has 0 saturated heterocycles. The smallest absolute Gasteiger partial charge is 0.256 e. The Morgan fingerprint density at radius 3 is 2.50 bits per heavy atom. The van der Waals surface area contributed by atoms with Crippen molar-refractivity contribution in [3.8, 4) is 17.3 Å². The van der Waals surface area contributed by atoms with Gasteiger partial charge in [0.05, 0.1) is 19.9 Å². The van der Waals surface area contributed by atoms with Crippen LogP contribution in [0.4, 0.5) is 0 Å². The minimum absolute atomic E-state index is 0.177. The highest BCUT2D eigenvalue weighted by Gasteiger charge is 2.19. The van der Waals surface area contributed by atoms with Gasteiger partial charge in [-0.2, -0.15) is 5.10 Å². The van der Waals surface area contributed by atoms with Crippen LogP contribution in [0.3, 0.4) is 0 Å². The van der Waals surface area contributed by atoms with Crippen LogP contribution in [-0.4, -0.2) is 34.0 Å². The molecule has 3 rings (SSSR count). The number of methoxy groups -OCH3 is 1. The lowest BCUT2D eigenvalue weighted by Crippen LogP contribution is -2.24. The van der Waals surface area contributed by atoms with Gasteiger partial charge < -0.3 is 19.4 Å². The van der Waals surface area contributed by atoms with E-state index in [1.54, 1.807) is 18.0 Å². The number of nitrogens with zero attached hydrogens (tertiary/aromatic N) is 3. The van der Waals surface area contributed by atoms with Gasteiger partial charge in [0.15, 0.2) is 11.5 Å². The molecule has 1 N–H and O–H groups in total. The van der Waals surface area contributed by atoms with Gasteiger partial charge >= 0.3 is 0 Å². The summed E-state index contributed by atoms with van der Waals surface area (Å²) in [4.78, 5) is 12.9. The Morgan fingerprint density at radius 1 is 1.14 bits per heavy atom. The first-order chi connectivity index (χ1) is 13.5. The number of nitrogens with one attached hydrogen (secondary N) is 1. The second-order valence-electron chi connectivity index (χ2n) is 6.56. The second-order valence-corrected chi connectivity index (χ2v) is 6.56. The summed E-state index contributed by atoms with van der Waals surface area (Å²) in [6, 6.07) is 9.69. The van der Waals surface area contributed by atoms with Gasteiger partial charge in [-0.3, -0.25) is 9.48 Å². The van der Waals surface area contributed by atoms with Crippen LogP contribution in [0.5, 0.6) is 11.5 Å². The minimum atomic E-state index is -0.177. The third kappa shape index (κ3) is 3.74. The van der Waals surface area contributed by atoms with Crippen LogP contribution in [0.15, 0.2) is 36.5 Å². The molecule has 2 aromatic heterocycles. The molecule has 2 heterocycles. The van der Waals surface area contributed by atoms with Crippen molar-refractivity contribution in [3.05, 3.63) is 59.0 Å². The SMILES string of the molecule is CCOc1ccc(CNC(=O)c2cnn(C)c2-n2c(C)ccc2C)cc1OC. The van der Waals surface area contributed by atoms with E-state index in [2.05, 4.69) is 10.4 Å². The van der Waals surface area contributed by atoms with E-state index < -0.39 is 0 Å². The van der Waals surface area contributed by atoms with Crippen LogP contribution in [-0.2, 0) is 13.6 Å². The molecule has 0 fully saturated rings. The van der Waals surface area contributed by atoms with Crippen molar-refractivity contribution in [3.63, 3.8) is 0 Å². The van der Waals surface area contributed by atoms with Crippen molar-refractivity contribution in [2.45, 2.75) is 27.3 Å². The highest BCUT2D eigenvalue weighted by atomic mass is 16.5. The second kappa shape index (κ2) is 8.21. The van der Waals surface area contributed by atoms with Crippen LogP contribution in [0.25, 0.3) is 5.82 Å². The first-order valence-corrected chi connectivity index (χ1v) is 9.21. The van der Waals surface area contributed by atoms with Crippen molar-refractivity contribution in [2.24, 2.45) is 7.05 Å². The number of carbonyl (C=O) groups excluding carboxylic acids is 1. The third-order valence-corrected chi connectivity index (χ3v) is 4.62. The Balaban J connectivity index is 1.80. The Labute approximate surface area is 164 Å². The number of rotatable bonds is 7. The average molecular weight is 382 g/mol. The fourth-order valence-corrected chi connectivity index (χ4v) is 3.23. The van der Waals surface area contributed by atoms with Crippen molar-refractivity contribution < 1.29 is 14.3 Å². The Bertz CT molecular complexity index is 968. The maximum absolute atomic E-state index is 12.9. The number of hydrogen-bond acceptors (Lipinski definition) is 4. The molecule has 0 radical (unpaired) electrons. The van der Waals surface area contributed by atoms with Gasteiger partial charge in [-0.1, -0.05) is 6.07 Å². The van der Waals surface area contributed by atoms with E-state index in [4.69, 9.17) is 9.47 Å². The monoisotopic (exact) mass is 382 g/mol. The lowest BCUT2D eigenvalue weighted by Gasteiger charge is -2.13. The molecule has 7 heteroatoms. The molecular weight excluding hydrogens is 356 g/mol. The summed E-state index contributed by atoms with van der Waals surface area (Å²) in [7, 11) is 3.44. The maximum Gasteiger partial charge on any atom is 0.256 e. The lowest BCUT2D eigenvalue weighted by atomic mass is 10.2. The Hall–Kier alpha value is -3.22. The molecule has 1 aromatic carbocycles. The molecule has 0 aliphatic rings. The largest absolute Gasteiger partial charge is 0.493 e. The molecule has 3 aromatic rings. The number of benzene rings is 1. The molecule has 0 aliphatic carbocycles. The fourth-order valence-electron chi connectivity index (χ4n) is 3.23. The first-order valence-electron chi connectivity index (χ1n) is 9.21. The van der Waals surface area contributed by atoms with Crippen LogP contribution >= 0.6 is 0 Å². The normalized spacial score (nSPS) is 10.8. The number of ether oxygens (including phenoxy) is 2. The summed E-state index contributed by atoms with van der Waals surface area (Å²) in [5.41, 5.74) is 3.55. The molecule has 0 spiro atoms. The Kier molecular flexibility index (Phi) is 5.73. The van der Waals surface area contributed by atoms with Gasteiger partial charge in [-0.25, -0.2) is 0 Å². The first kappa shape index (κ1) is 19.5. The van der Waals surface area contributed by atoms with Gasteiger partial charge in [0.1, 0.15) is 11.4 Å². The predicted molar refractivity (Wildman–Crippen MR) is 107 cm³/mol. The van der Waals surface area contributed by atoms with E-state index in [1.807, 2.05) is 62.7 Å². The molecule has 0 unspecified atom stereocenters. The highest BCUT2D eigenvalue weighted by molar-refractivity contribution is 5.97. The van der Waals surface area contributed by atoms with E-state index in [0.717, 1.165) is 22.8 Å². The molecule has 0 atom stereocenters. The molecule has 1 amide bonds. The number of hydrogen-bond donors (Lipinski definition) is 1. The van der Waals surface area contributed by atoms with E-state index in [-0.39, 0.29) is 5.91 Å². The van der Waals surface area contributed by atoms with Crippen LogP contribution in [0.2, 0.25) is 0 Å². The summed E-state index contributed by atoms with van der Waals surface area (Å²) in [5.74, 6) is 1.91. The summed E-state index contributed by atoms with van der Waals surface area (Å²) in [6.07, 6.45) is 1.60. The molecule has 0 saturated carbocycles. The van der Waals surface area contributed by atoms with Gasteiger partial charge in [0.25, 0.3) is 5.91 Å². The van der Waals surface area contributed by atoms with Gasteiger partial charge in [0.2, 0.25) is 0 Å². The number of aromatic nitrogens is 3. The van der Waals surface area contributed by atoms with Crippen molar-refractivity contribution >= 4 is 5.91 Å². The van der Waals surface area contributed by atoms with Crippen molar-refractivity contribution in [1.29, 1.82) is 0 Å².